The average Bonchev–Trinajstić information content (AvgIpc) is 3.26. The minimum Gasteiger partial charge on any atom is -0.376 e. The molecule has 0 saturated carbocycles. The summed E-state index contributed by atoms with van der Waals surface area (Å²) in [4.78, 5) is 14.7. The number of piperidine rings is 1. The first-order chi connectivity index (χ1) is 12.8. The number of rotatable bonds is 7. The van der Waals surface area contributed by atoms with Crippen LogP contribution >= 0.6 is 0 Å². The molecule has 1 N–H and O–H groups in total. The molecule has 4 rings (SSSR count). The van der Waals surface area contributed by atoms with Crippen molar-refractivity contribution in [1.82, 2.24) is 10.2 Å². The van der Waals surface area contributed by atoms with Gasteiger partial charge in [-0.2, -0.15) is 0 Å². The molecule has 3 aliphatic heterocycles. The van der Waals surface area contributed by atoms with E-state index in [2.05, 4.69) is 35.6 Å². The Balaban J connectivity index is 1.14. The summed E-state index contributed by atoms with van der Waals surface area (Å²) in [6.45, 7) is 2.46. The average molecular weight is 357 g/mol. The number of carbonyl (C=O) groups is 1. The number of fused-ring (bicyclic) bond motifs is 2. The Bertz CT molecular complexity index is 579. The second kappa shape index (κ2) is 8.53. The number of benzene rings is 1. The van der Waals surface area contributed by atoms with Crippen LogP contribution in [0.5, 0.6) is 0 Å². The summed E-state index contributed by atoms with van der Waals surface area (Å²) in [7, 11) is 0. The first-order valence-corrected chi connectivity index (χ1v) is 10.5. The van der Waals surface area contributed by atoms with Crippen molar-refractivity contribution < 1.29 is 9.53 Å². The number of aryl methyl sites for hydroxylation is 1. The molecule has 0 aromatic heterocycles. The summed E-state index contributed by atoms with van der Waals surface area (Å²) in [6.07, 6.45) is 9.07. The summed E-state index contributed by atoms with van der Waals surface area (Å²) < 4.78 is 6.04. The predicted octanol–water partition coefficient (Wildman–Crippen LogP) is 3.16. The van der Waals surface area contributed by atoms with E-state index in [0.29, 0.717) is 23.9 Å². The highest BCUT2D eigenvalue weighted by atomic mass is 16.5. The smallest absolute Gasteiger partial charge is 0.222 e. The van der Waals surface area contributed by atoms with Crippen molar-refractivity contribution in [1.29, 1.82) is 0 Å². The Hall–Kier alpha value is -1.39. The summed E-state index contributed by atoms with van der Waals surface area (Å²) >= 11 is 0. The summed E-state index contributed by atoms with van der Waals surface area (Å²) in [5, 5.41) is 3.67. The van der Waals surface area contributed by atoms with E-state index < -0.39 is 0 Å². The van der Waals surface area contributed by atoms with E-state index in [-0.39, 0.29) is 6.10 Å². The predicted molar refractivity (Wildman–Crippen MR) is 103 cm³/mol. The summed E-state index contributed by atoms with van der Waals surface area (Å²) in [5.41, 5.74) is 1.37. The fraction of sp³-hybridized carbons (Fsp3) is 0.682. The summed E-state index contributed by atoms with van der Waals surface area (Å²) in [5.74, 6) is 0.943. The van der Waals surface area contributed by atoms with E-state index in [9.17, 15) is 4.79 Å². The Kier molecular flexibility index (Phi) is 5.91. The van der Waals surface area contributed by atoms with Gasteiger partial charge in [0.1, 0.15) is 0 Å². The van der Waals surface area contributed by atoms with Crippen LogP contribution in [-0.2, 0) is 16.0 Å². The van der Waals surface area contributed by atoms with E-state index >= 15 is 0 Å². The van der Waals surface area contributed by atoms with Crippen molar-refractivity contribution in [2.75, 3.05) is 19.7 Å². The molecule has 26 heavy (non-hydrogen) atoms. The fourth-order valence-corrected chi connectivity index (χ4v) is 4.98. The molecule has 3 atom stereocenters. The molecule has 142 valence electrons. The van der Waals surface area contributed by atoms with Crippen molar-refractivity contribution >= 4 is 5.91 Å². The van der Waals surface area contributed by atoms with E-state index in [4.69, 9.17) is 4.74 Å². The lowest BCUT2D eigenvalue weighted by molar-refractivity contribution is -0.132. The molecular formula is C22H32N2O2. The van der Waals surface area contributed by atoms with Crippen molar-refractivity contribution in [3.8, 4) is 0 Å². The lowest BCUT2D eigenvalue weighted by Crippen LogP contribution is -2.40. The third-order valence-electron chi connectivity index (χ3n) is 6.34. The van der Waals surface area contributed by atoms with Crippen LogP contribution in [0.4, 0.5) is 0 Å². The largest absolute Gasteiger partial charge is 0.376 e. The third kappa shape index (κ3) is 4.66. The molecule has 0 spiro atoms. The van der Waals surface area contributed by atoms with Gasteiger partial charge in [0.25, 0.3) is 0 Å². The van der Waals surface area contributed by atoms with Crippen LogP contribution in [0.3, 0.4) is 0 Å². The van der Waals surface area contributed by atoms with Crippen molar-refractivity contribution in [3.05, 3.63) is 35.9 Å². The molecule has 1 aromatic rings. The van der Waals surface area contributed by atoms with Gasteiger partial charge in [0, 0.05) is 38.2 Å². The SMILES string of the molecule is O=C(CC1CC2CCC(C1)N2)N1CCC(OCCCc2ccccc2)C1. The maximum absolute atomic E-state index is 12.7. The lowest BCUT2D eigenvalue weighted by atomic mass is 9.89. The van der Waals surface area contributed by atoms with Crippen LogP contribution in [0.25, 0.3) is 0 Å². The molecule has 1 aromatic carbocycles. The van der Waals surface area contributed by atoms with Gasteiger partial charge in [0.05, 0.1) is 6.10 Å². The number of nitrogens with zero attached hydrogens (tertiary/aromatic N) is 1. The molecule has 3 aliphatic rings. The fourth-order valence-electron chi connectivity index (χ4n) is 4.98. The van der Waals surface area contributed by atoms with Gasteiger partial charge in [-0.25, -0.2) is 0 Å². The Morgan fingerprint density at radius 2 is 1.88 bits per heavy atom. The zero-order valence-corrected chi connectivity index (χ0v) is 15.7. The van der Waals surface area contributed by atoms with E-state index in [0.717, 1.165) is 45.4 Å². The number of ether oxygens (including phenoxy) is 1. The second-order valence-corrected chi connectivity index (χ2v) is 8.39. The number of hydrogen-bond acceptors (Lipinski definition) is 3. The number of amides is 1. The monoisotopic (exact) mass is 356 g/mol. The van der Waals surface area contributed by atoms with Crippen LogP contribution in [0, 0.1) is 5.92 Å². The maximum Gasteiger partial charge on any atom is 0.222 e. The normalized spacial score (nSPS) is 30.7. The molecular weight excluding hydrogens is 324 g/mol. The van der Waals surface area contributed by atoms with Crippen molar-refractivity contribution in [2.24, 2.45) is 5.92 Å². The van der Waals surface area contributed by atoms with Gasteiger partial charge in [-0.1, -0.05) is 30.3 Å². The minimum atomic E-state index is 0.235. The molecule has 2 bridgehead atoms. The van der Waals surface area contributed by atoms with Gasteiger partial charge in [-0.05, 0) is 56.4 Å². The van der Waals surface area contributed by atoms with Crippen LogP contribution < -0.4 is 5.32 Å². The molecule has 0 radical (unpaired) electrons. The zero-order chi connectivity index (χ0) is 17.8. The van der Waals surface area contributed by atoms with Crippen LogP contribution in [0.1, 0.15) is 50.5 Å². The molecule has 0 aliphatic carbocycles. The molecule has 3 fully saturated rings. The molecule has 3 saturated heterocycles. The Labute approximate surface area is 157 Å². The number of hydrogen-bond donors (Lipinski definition) is 1. The number of nitrogens with one attached hydrogen (secondary N) is 1. The number of likely N-dealkylation sites (tertiary alicyclic amines) is 1. The minimum absolute atomic E-state index is 0.235. The first-order valence-electron chi connectivity index (χ1n) is 10.5. The molecule has 3 heterocycles. The quantitative estimate of drug-likeness (QED) is 0.763. The van der Waals surface area contributed by atoms with E-state index in [1.165, 1.54) is 31.2 Å². The highest BCUT2D eigenvalue weighted by Gasteiger charge is 2.35. The lowest BCUT2D eigenvalue weighted by Gasteiger charge is -2.29. The topological polar surface area (TPSA) is 41.6 Å². The van der Waals surface area contributed by atoms with Crippen molar-refractivity contribution in [2.45, 2.75) is 69.6 Å². The Morgan fingerprint density at radius 3 is 2.65 bits per heavy atom. The van der Waals surface area contributed by atoms with Gasteiger partial charge >= 0.3 is 0 Å². The molecule has 4 nitrogen and oxygen atoms in total. The molecule has 4 heteroatoms. The highest BCUT2D eigenvalue weighted by Crippen LogP contribution is 2.33. The van der Waals surface area contributed by atoms with Gasteiger partial charge < -0.3 is 15.0 Å². The van der Waals surface area contributed by atoms with E-state index in [1.54, 1.807) is 0 Å². The van der Waals surface area contributed by atoms with Crippen LogP contribution in [0.2, 0.25) is 0 Å². The van der Waals surface area contributed by atoms with Crippen LogP contribution in [0.15, 0.2) is 30.3 Å². The van der Waals surface area contributed by atoms with Crippen molar-refractivity contribution in [3.63, 3.8) is 0 Å². The van der Waals surface area contributed by atoms with Gasteiger partial charge in [-0.15, -0.1) is 0 Å². The van der Waals surface area contributed by atoms with Crippen LogP contribution in [-0.4, -0.2) is 48.7 Å². The Morgan fingerprint density at radius 1 is 1.12 bits per heavy atom. The highest BCUT2D eigenvalue weighted by molar-refractivity contribution is 5.76. The van der Waals surface area contributed by atoms with E-state index in [1.807, 2.05) is 4.90 Å². The number of carbonyl (C=O) groups excluding carboxylic acids is 1. The second-order valence-electron chi connectivity index (χ2n) is 8.39. The molecule has 1 amide bonds. The van der Waals surface area contributed by atoms with Gasteiger partial charge in [-0.3, -0.25) is 4.79 Å². The van der Waals surface area contributed by atoms with Gasteiger partial charge in [0.2, 0.25) is 5.91 Å². The summed E-state index contributed by atoms with van der Waals surface area (Å²) in [6, 6.07) is 11.9. The third-order valence-corrected chi connectivity index (χ3v) is 6.34. The van der Waals surface area contributed by atoms with Gasteiger partial charge in [0.15, 0.2) is 0 Å². The standard InChI is InChI=1S/C22H32N2O2/c25-22(15-18-13-19-8-9-20(14-18)23-19)24-11-10-21(16-24)26-12-4-7-17-5-2-1-3-6-17/h1-3,5-6,18-21,23H,4,7-16H2. The molecule has 3 unspecified atom stereocenters. The first kappa shape index (κ1) is 18.0. The maximum atomic E-state index is 12.7. The zero-order valence-electron chi connectivity index (χ0n) is 15.7.